The molecule has 0 bridgehead atoms. The Hall–Kier alpha value is -2.24. The number of hydrogen-bond donors (Lipinski definition) is 0. The van der Waals surface area contributed by atoms with E-state index in [9.17, 15) is 10.1 Å². The van der Waals surface area contributed by atoms with Crippen LogP contribution in [0.25, 0.3) is 11.0 Å². The number of fused-ring (bicyclic) bond motifs is 1. The smallest absolute Gasteiger partial charge is 0.292 e. The summed E-state index contributed by atoms with van der Waals surface area (Å²) >= 11 is 0. The first kappa shape index (κ1) is 10.3. The van der Waals surface area contributed by atoms with E-state index in [1.54, 1.807) is 19.1 Å². The van der Waals surface area contributed by atoms with Crippen LogP contribution in [0, 0.1) is 17.0 Å². The highest BCUT2D eigenvalue weighted by Gasteiger charge is 2.15. The van der Waals surface area contributed by atoms with E-state index in [0.717, 1.165) is 0 Å². The van der Waals surface area contributed by atoms with Gasteiger partial charge >= 0.3 is 0 Å². The number of nitro groups is 1. The third-order valence-corrected chi connectivity index (χ3v) is 2.32. The zero-order valence-corrected chi connectivity index (χ0v) is 8.80. The highest BCUT2D eigenvalue weighted by Crippen LogP contribution is 2.24. The Morgan fingerprint density at radius 3 is 2.81 bits per heavy atom. The number of pyridine rings is 2. The van der Waals surface area contributed by atoms with Gasteiger partial charge in [-0.3, -0.25) is 10.1 Å². The maximum atomic E-state index is 10.7. The summed E-state index contributed by atoms with van der Waals surface area (Å²) in [5.41, 5.74) is 1.57. The van der Waals surface area contributed by atoms with Gasteiger partial charge in [-0.1, -0.05) is 0 Å². The van der Waals surface area contributed by atoms with Gasteiger partial charge in [0.25, 0.3) is 5.69 Å². The zero-order valence-electron chi connectivity index (χ0n) is 8.80. The number of aromatic nitrogens is 2. The lowest BCUT2D eigenvalue weighted by molar-refractivity contribution is -0.385. The minimum absolute atomic E-state index is 0.0340. The summed E-state index contributed by atoms with van der Waals surface area (Å²) in [5, 5.41) is 10.7. The monoisotopic (exact) mass is 219 g/mol. The average Bonchev–Trinajstić information content (AvgIpc) is 2.28. The van der Waals surface area contributed by atoms with Crippen molar-refractivity contribution < 1.29 is 9.66 Å². The van der Waals surface area contributed by atoms with E-state index in [4.69, 9.17) is 4.74 Å². The standard InChI is InChI=1S/C10H9N3O3/c1-6-8(13(14)15)5-11-7-3-4-9(16-2)12-10(6)7/h3-5H,1-2H3. The molecule has 6 heteroatoms. The van der Waals surface area contributed by atoms with Gasteiger partial charge in [-0.25, -0.2) is 9.97 Å². The largest absolute Gasteiger partial charge is 0.481 e. The van der Waals surface area contributed by atoms with Gasteiger partial charge in [0.1, 0.15) is 11.7 Å². The van der Waals surface area contributed by atoms with Crippen LogP contribution in [0.3, 0.4) is 0 Å². The fourth-order valence-corrected chi connectivity index (χ4v) is 1.46. The molecule has 0 amide bonds. The Morgan fingerprint density at radius 2 is 2.19 bits per heavy atom. The van der Waals surface area contributed by atoms with Crippen molar-refractivity contribution in [1.29, 1.82) is 0 Å². The van der Waals surface area contributed by atoms with Crippen molar-refractivity contribution in [3.63, 3.8) is 0 Å². The minimum atomic E-state index is -0.469. The van der Waals surface area contributed by atoms with Crippen molar-refractivity contribution in [2.45, 2.75) is 6.92 Å². The highest BCUT2D eigenvalue weighted by atomic mass is 16.6. The maximum absolute atomic E-state index is 10.7. The van der Waals surface area contributed by atoms with Crippen LogP contribution in [0.1, 0.15) is 5.56 Å². The zero-order chi connectivity index (χ0) is 11.7. The topological polar surface area (TPSA) is 78.2 Å². The molecular weight excluding hydrogens is 210 g/mol. The third-order valence-electron chi connectivity index (χ3n) is 2.32. The molecule has 0 fully saturated rings. The Balaban J connectivity index is 2.75. The van der Waals surface area contributed by atoms with Crippen LogP contribution in [0.2, 0.25) is 0 Å². The number of rotatable bonds is 2. The first-order chi connectivity index (χ1) is 7.63. The van der Waals surface area contributed by atoms with Crippen LogP contribution in [0.5, 0.6) is 5.88 Å². The van der Waals surface area contributed by atoms with Crippen molar-refractivity contribution >= 4 is 16.7 Å². The van der Waals surface area contributed by atoms with Crippen molar-refractivity contribution in [3.05, 3.63) is 34.0 Å². The van der Waals surface area contributed by atoms with Crippen LogP contribution in [-0.2, 0) is 0 Å². The van der Waals surface area contributed by atoms with E-state index in [1.807, 2.05) is 0 Å². The van der Waals surface area contributed by atoms with Gasteiger partial charge in [0.2, 0.25) is 5.88 Å². The van der Waals surface area contributed by atoms with Gasteiger partial charge in [-0.2, -0.15) is 0 Å². The van der Waals surface area contributed by atoms with Crippen LogP contribution >= 0.6 is 0 Å². The fourth-order valence-electron chi connectivity index (χ4n) is 1.46. The lowest BCUT2D eigenvalue weighted by Crippen LogP contribution is -1.97. The molecule has 0 atom stereocenters. The predicted molar refractivity (Wildman–Crippen MR) is 57.5 cm³/mol. The second-order valence-corrected chi connectivity index (χ2v) is 3.25. The number of aryl methyl sites for hydroxylation is 1. The first-order valence-corrected chi connectivity index (χ1v) is 4.58. The average molecular weight is 219 g/mol. The van der Waals surface area contributed by atoms with Gasteiger partial charge in [-0.05, 0) is 13.0 Å². The Kier molecular flexibility index (Phi) is 2.40. The molecule has 6 nitrogen and oxygen atoms in total. The molecule has 2 rings (SSSR count). The number of ether oxygens (including phenoxy) is 1. The Morgan fingerprint density at radius 1 is 1.44 bits per heavy atom. The van der Waals surface area contributed by atoms with E-state index in [2.05, 4.69) is 9.97 Å². The minimum Gasteiger partial charge on any atom is -0.481 e. The lowest BCUT2D eigenvalue weighted by Gasteiger charge is -2.03. The van der Waals surface area contributed by atoms with E-state index in [0.29, 0.717) is 22.5 Å². The molecule has 0 radical (unpaired) electrons. The summed E-state index contributed by atoms with van der Waals surface area (Å²) in [6.07, 6.45) is 1.24. The molecule has 16 heavy (non-hydrogen) atoms. The SMILES string of the molecule is COc1ccc2ncc([N+](=O)[O-])c(C)c2n1. The van der Waals surface area contributed by atoms with Crippen molar-refractivity contribution in [2.24, 2.45) is 0 Å². The Bertz CT molecular complexity index is 568. The number of hydrogen-bond acceptors (Lipinski definition) is 5. The van der Waals surface area contributed by atoms with Crippen molar-refractivity contribution in [1.82, 2.24) is 9.97 Å². The van der Waals surface area contributed by atoms with E-state index < -0.39 is 4.92 Å². The summed E-state index contributed by atoms with van der Waals surface area (Å²) in [7, 11) is 1.49. The molecule has 0 aliphatic heterocycles. The van der Waals surface area contributed by atoms with Crippen LogP contribution in [0.4, 0.5) is 5.69 Å². The van der Waals surface area contributed by atoms with E-state index >= 15 is 0 Å². The van der Waals surface area contributed by atoms with Crippen LogP contribution in [-0.4, -0.2) is 22.0 Å². The Labute approximate surface area is 91.0 Å². The molecule has 82 valence electrons. The van der Waals surface area contributed by atoms with Crippen LogP contribution in [0.15, 0.2) is 18.3 Å². The molecule has 0 aliphatic rings. The summed E-state index contributed by atoms with van der Waals surface area (Å²) in [5.74, 6) is 0.415. The van der Waals surface area contributed by atoms with Gasteiger partial charge < -0.3 is 4.74 Å². The molecule has 0 saturated carbocycles. The molecule has 2 heterocycles. The molecule has 0 spiro atoms. The molecule has 0 aromatic carbocycles. The van der Waals surface area contributed by atoms with Crippen molar-refractivity contribution in [3.8, 4) is 5.88 Å². The third kappa shape index (κ3) is 1.54. The number of methoxy groups -OCH3 is 1. The molecule has 2 aromatic heterocycles. The summed E-state index contributed by atoms with van der Waals surface area (Å²) in [6.45, 7) is 1.65. The first-order valence-electron chi connectivity index (χ1n) is 4.58. The van der Waals surface area contributed by atoms with Crippen molar-refractivity contribution in [2.75, 3.05) is 7.11 Å². The van der Waals surface area contributed by atoms with Gasteiger partial charge in [0, 0.05) is 6.07 Å². The predicted octanol–water partition coefficient (Wildman–Crippen LogP) is 1.86. The van der Waals surface area contributed by atoms with E-state index in [1.165, 1.54) is 13.3 Å². The second kappa shape index (κ2) is 3.73. The molecule has 0 unspecified atom stereocenters. The molecule has 2 aromatic rings. The van der Waals surface area contributed by atoms with E-state index in [-0.39, 0.29) is 5.69 Å². The lowest BCUT2D eigenvalue weighted by atomic mass is 10.2. The summed E-state index contributed by atoms with van der Waals surface area (Å²) in [6, 6.07) is 3.39. The molecule has 0 saturated heterocycles. The molecule has 0 N–H and O–H groups in total. The van der Waals surface area contributed by atoms with Gasteiger partial charge in [0.05, 0.1) is 23.1 Å². The molecular formula is C10H9N3O3. The van der Waals surface area contributed by atoms with Gasteiger partial charge in [0.15, 0.2) is 0 Å². The highest BCUT2D eigenvalue weighted by molar-refractivity contribution is 5.81. The molecule has 0 aliphatic carbocycles. The van der Waals surface area contributed by atoms with Gasteiger partial charge in [-0.15, -0.1) is 0 Å². The second-order valence-electron chi connectivity index (χ2n) is 3.25. The summed E-state index contributed by atoms with van der Waals surface area (Å²) in [4.78, 5) is 18.4. The summed E-state index contributed by atoms with van der Waals surface area (Å²) < 4.78 is 4.97. The number of nitrogens with zero attached hydrogens (tertiary/aromatic N) is 3. The fraction of sp³-hybridized carbons (Fsp3) is 0.200. The maximum Gasteiger partial charge on any atom is 0.292 e. The van der Waals surface area contributed by atoms with Crippen LogP contribution < -0.4 is 4.74 Å². The quantitative estimate of drug-likeness (QED) is 0.569. The normalized spacial score (nSPS) is 10.4.